The molecule has 2 aliphatic rings. The smallest absolute Gasteiger partial charge is 0.223 e. The van der Waals surface area contributed by atoms with Crippen LogP contribution in [0.3, 0.4) is 0 Å². The van der Waals surface area contributed by atoms with Gasteiger partial charge in [-0.1, -0.05) is 19.3 Å². The molecule has 1 heterocycles. The highest BCUT2D eigenvalue weighted by Gasteiger charge is 2.30. The fourth-order valence-electron chi connectivity index (χ4n) is 3.25. The zero-order chi connectivity index (χ0) is 13.0. The summed E-state index contributed by atoms with van der Waals surface area (Å²) in [7, 11) is 0. The van der Waals surface area contributed by atoms with E-state index in [4.69, 9.17) is 0 Å². The van der Waals surface area contributed by atoms with Crippen molar-refractivity contribution in [3.8, 4) is 0 Å². The molecule has 2 fully saturated rings. The monoisotopic (exact) mass is 252 g/mol. The fourth-order valence-corrected chi connectivity index (χ4v) is 3.25. The zero-order valence-corrected chi connectivity index (χ0v) is 12.0. The first kappa shape index (κ1) is 13.9. The maximum atomic E-state index is 12.0. The minimum atomic E-state index is 0.106. The van der Waals surface area contributed by atoms with E-state index in [1.807, 2.05) is 0 Å². The molecule has 0 bridgehead atoms. The molecule has 0 aromatic rings. The average molecular weight is 252 g/mol. The Morgan fingerprint density at radius 3 is 2.33 bits per heavy atom. The molecule has 1 saturated heterocycles. The van der Waals surface area contributed by atoms with Gasteiger partial charge in [0, 0.05) is 18.0 Å². The molecular formula is C15H28N2O. The molecule has 1 saturated carbocycles. The van der Waals surface area contributed by atoms with Gasteiger partial charge in [-0.25, -0.2) is 0 Å². The molecule has 0 aromatic carbocycles. The van der Waals surface area contributed by atoms with Gasteiger partial charge < -0.3 is 5.32 Å². The Morgan fingerprint density at radius 1 is 1.11 bits per heavy atom. The number of hydrogen-bond donors (Lipinski definition) is 1. The highest BCUT2D eigenvalue weighted by Crippen LogP contribution is 2.25. The second kappa shape index (κ2) is 6.05. The Bertz CT molecular complexity index is 276. The number of piperidine rings is 1. The van der Waals surface area contributed by atoms with Gasteiger partial charge in [0.1, 0.15) is 0 Å². The molecule has 3 nitrogen and oxygen atoms in total. The normalized spacial score (nSPS) is 23.2. The summed E-state index contributed by atoms with van der Waals surface area (Å²) >= 11 is 0. The predicted molar refractivity (Wildman–Crippen MR) is 74.5 cm³/mol. The zero-order valence-electron chi connectivity index (χ0n) is 12.0. The van der Waals surface area contributed by atoms with Gasteiger partial charge in [-0.2, -0.15) is 0 Å². The number of carbonyl (C=O) groups is 1. The van der Waals surface area contributed by atoms with E-state index >= 15 is 0 Å². The quantitative estimate of drug-likeness (QED) is 0.834. The maximum Gasteiger partial charge on any atom is 0.223 e. The van der Waals surface area contributed by atoms with Crippen LogP contribution < -0.4 is 5.32 Å². The number of likely N-dealkylation sites (tertiary alicyclic amines) is 1. The number of carbonyl (C=O) groups excluding carboxylic acids is 1. The van der Waals surface area contributed by atoms with Gasteiger partial charge in [0.25, 0.3) is 0 Å². The maximum absolute atomic E-state index is 12.0. The van der Waals surface area contributed by atoms with Crippen molar-refractivity contribution in [2.24, 2.45) is 5.92 Å². The molecule has 1 amide bonds. The number of rotatable bonds is 4. The van der Waals surface area contributed by atoms with Crippen molar-refractivity contribution in [1.82, 2.24) is 10.2 Å². The third-order valence-electron chi connectivity index (χ3n) is 4.63. The molecule has 18 heavy (non-hydrogen) atoms. The molecule has 0 unspecified atom stereocenters. The van der Waals surface area contributed by atoms with E-state index < -0.39 is 0 Å². The molecule has 0 atom stereocenters. The Balaban J connectivity index is 1.78. The van der Waals surface area contributed by atoms with E-state index in [-0.39, 0.29) is 11.4 Å². The van der Waals surface area contributed by atoms with Gasteiger partial charge in [-0.15, -0.1) is 0 Å². The van der Waals surface area contributed by atoms with E-state index in [2.05, 4.69) is 24.1 Å². The van der Waals surface area contributed by atoms with E-state index in [0.717, 1.165) is 19.4 Å². The van der Waals surface area contributed by atoms with E-state index in [0.29, 0.717) is 5.92 Å². The van der Waals surface area contributed by atoms with Crippen LogP contribution in [0, 0.1) is 5.92 Å². The first-order chi connectivity index (χ1) is 8.59. The summed E-state index contributed by atoms with van der Waals surface area (Å²) in [5.74, 6) is 0.583. The van der Waals surface area contributed by atoms with Gasteiger partial charge in [-0.05, 0) is 52.6 Å². The lowest BCUT2D eigenvalue weighted by Crippen LogP contribution is -2.53. The van der Waals surface area contributed by atoms with Gasteiger partial charge in [0.15, 0.2) is 0 Å². The molecule has 0 spiro atoms. The summed E-state index contributed by atoms with van der Waals surface area (Å²) in [6.07, 6.45) is 8.62. The number of hydrogen-bond acceptors (Lipinski definition) is 2. The van der Waals surface area contributed by atoms with Crippen LogP contribution in [0.25, 0.3) is 0 Å². The van der Waals surface area contributed by atoms with E-state index in [9.17, 15) is 4.79 Å². The summed E-state index contributed by atoms with van der Waals surface area (Å²) < 4.78 is 0. The highest BCUT2D eigenvalue weighted by molar-refractivity contribution is 5.78. The highest BCUT2D eigenvalue weighted by atomic mass is 16.1. The minimum absolute atomic E-state index is 0.106. The average Bonchev–Trinajstić information content (AvgIpc) is 2.91. The number of nitrogens with one attached hydrogen (secondary N) is 1. The second-order valence-corrected chi connectivity index (χ2v) is 6.56. The van der Waals surface area contributed by atoms with Gasteiger partial charge in [0.05, 0.1) is 0 Å². The molecular weight excluding hydrogens is 224 g/mol. The molecule has 0 aromatic heterocycles. The Labute approximate surface area is 111 Å². The first-order valence-corrected chi connectivity index (χ1v) is 7.62. The summed E-state index contributed by atoms with van der Waals surface area (Å²) in [5.41, 5.74) is 0.106. The van der Waals surface area contributed by atoms with E-state index in [1.165, 1.54) is 45.2 Å². The molecule has 2 rings (SSSR count). The molecule has 1 aliphatic heterocycles. The van der Waals surface area contributed by atoms with Crippen LogP contribution in [0.1, 0.15) is 58.8 Å². The van der Waals surface area contributed by atoms with Crippen LogP contribution in [-0.2, 0) is 4.79 Å². The van der Waals surface area contributed by atoms with Crippen molar-refractivity contribution in [3.63, 3.8) is 0 Å². The van der Waals surface area contributed by atoms with Crippen LogP contribution in [0.5, 0.6) is 0 Å². The van der Waals surface area contributed by atoms with E-state index in [1.54, 1.807) is 0 Å². The standard InChI is InChI=1S/C15H28N2O/c1-15(2,17-10-6-3-7-11-17)12-16-14(18)13-8-4-5-9-13/h13H,3-12H2,1-2H3,(H,16,18). The molecule has 0 radical (unpaired) electrons. The van der Waals surface area contributed by atoms with Crippen LogP contribution in [-0.4, -0.2) is 36.0 Å². The lowest BCUT2D eigenvalue weighted by Gasteiger charge is -2.41. The van der Waals surface area contributed by atoms with Crippen molar-refractivity contribution < 1.29 is 4.79 Å². The molecule has 1 N–H and O–H groups in total. The lowest BCUT2D eigenvalue weighted by molar-refractivity contribution is -0.125. The van der Waals surface area contributed by atoms with Gasteiger partial charge >= 0.3 is 0 Å². The SMILES string of the molecule is CC(C)(CNC(=O)C1CCCC1)N1CCCCC1. The second-order valence-electron chi connectivity index (χ2n) is 6.56. The number of amides is 1. The minimum Gasteiger partial charge on any atom is -0.354 e. The van der Waals surface area contributed by atoms with Crippen LogP contribution in [0.2, 0.25) is 0 Å². The van der Waals surface area contributed by atoms with Crippen molar-refractivity contribution in [3.05, 3.63) is 0 Å². The Morgan fingerprint density at radius 2 is 1.72 bits per heavy atom. The van der Waals surface area contributed by atoms with Crippen LogP contribution in [0.15, 0.2) is 0 Å². The van der Waals surface area contributed by atoms with Gasteiger partial charge in [0.2, 0.25) is 5.91 Å². The van der Waals surface area contributed by atoms with Crippen molar-refractivity contribution >= 4 is 5.91 Å². The summed E-state index contributed by atoms with van der Waals surface area (Å²) in [5, 5.41) is 3.18. The first-order valence-electron chi connectivity index (χ1n) is 7.62. The third-order valence-corrected chi connectivity index (χ3v) is 4.63. The molecule has 3 heteroatoms. The van der Waals surface area contributed by atoms with Crippen molar-refractivity contribution in [1.29, 1.82) is 0 Å². The molecule has 104 valence electrons. The van der Waals surface area contributed by atoms with Gasteiger partial charge in [-0.3, -0.25) is 9.69 Å². The van der Waals surface area contributed by atoms with Crippen LogP contribution >= 0.6 is 0 Å². The van der Waals surface area contributed by atoms with Crippen molar-refractivity contribution in [2.75, 3.05) is 19.6 Å². The van der Waals surface area contributed by atoms with Crippen LogP contribution in [0.4, 0.5) is 0 Å². The Kier molecular flexibility index (Phi) is 4.66. The largest absolute Gasteiger partial charge is 0.354 e. The Hall–Kier alpha value is -0.570. The fraction of sp³-hybridized carbons (Fsp3) is 0.933. The van der Waals surface area contributed by atoms with Crippen molar-refractivity contribution in [2.45, 2.75) is 64.3 Å². The predicted octanol–water partition coefficient (Wildman–Crippen LogP) is 2.56. The topological polar surface area (TPSA) is 32.3 Å². The lowest BCUT2D eigenvalue weighted by atomic mass is 9.98. The summed E-state index contributed by atoms with van der Waals surface area (Å²) in [4.78, 5) is 14.6. The number of nitrogens with zero attached hydrogens (tertiary/aromatic N) is 1. The summed E-state index contributed by atoms with van der Waals surface area (Å²) in [6, 6.07) is 0. The summed E-state index contributed by atoms with van der Waals surface area (Å²) in [6.45, 7) is 7.68. The molecule has 1 aliphatic carbocycles. The third kappa shape index (κ3) is 3.47.